The molecule has 0 aromatic carbocycles. The highest BCUT2D eigenvalue weighted by molar-refractivity contribution is 5.86. The van der Waals surface area contributed by atoms with Crippen LogP contribution in [-0.2, 0) is 0 Å². The van der Waals surface area contributed by atoms with Crippen molar-refractivity contribution in [2.45, 2.75) is 141 Å². The number of halogens is 2. The second-order valence-electron chi connectivity index (χ2n) is 11.0. The number of nitrogens with zero attached hydrogens (tertiary/aromatic N) is 4. The zero-order valence-corrected chi connectivity index (χ0v) is 24.6. The van der Waals surface area contributed by atoms with Crippen molar-refractivity contribution in [3.05, 3.63) is 6.33 Å². The van der Waals surface area contributed by atoms with Gasteiger partial charge in [-0.25, -0.2) is 4.98 Å². The van der Waals surface area contributed by atoms with Gasteiger partial charge in [0.25, 0.3) is 0 Å². The Balaban J connectivity index is 0.00000241. The standard InChI is InChI=1S/C28H49N7.2ClH/c1-2-3-4-5-6-7-8-9-10-13-20-30-26-25-27(35(21-31-25)24-14-11-12-15-24)34-28(33-26)32-23-18-16-22(29)17-19-23;;/h21-24H,2-20,29H2,1H3,(H2,30,32,33,34);2*1H. The van der Waals surface area contributed by atoms with Crippen LogP contribution in [0.1, 0.15) is 129 Å². The number of imidazole rings is 1. The van der Waals surface area contributed by atoms with Gasteiger partial charge < -0.3 is 20.9 Å². The largest absolute Gasteiger partial charge is 0.368 e. The molecule has 37 heavy (non-hydrogen) atoms. The van der Waals surface area contributed by atoms with Crippen LogP contribution in [0.4, 0.5) is 11.8 Å². The smallest absolute Gasteiger partial charge is 0.227 e. The number of nitrogens with two attached hydrogens (primary N) is 1. The first-order valence-electron chi connectivity index (χ1n) is 14.7. The topological polar surface area (TPSA) is 93.7 Å². The molecule has 0 saturated heterocycles. The monoisotopic (exact) mass is 555 g/mol. The predicted octanol–water partition coefficient (Wildman–Crippen LogP) is 7.80. The average Bonchev–Trinajstić information content (AvgIpc) is 3.54. The minimum Gasteiger partial charge on any atom is -0.368 e. The van der Waals surface area contributed by atoms with E-state index in [4.69, 9.17) is 20.7 Å². The van der Waals surface area contributed by atoms with E-state index in [0.29, 0.717) is 18.1 Å². The lowest BCUT2D eigenvalue weighted by Crippen LogP contribution is -2.33. The first-order valence-corrected chi connectivity index (χ1v) is 14.7. The van der Waals surface area contributed by atoms with Gasteiger partial charge in [-0.05, 0) is 44.9 Å². The van der Waals surface area contributed by atoms with Crippen LogP contribution >= 0.6 is 24.8 Å². The van der Waals surface area contributed by atoms with Crippen LogP contribution in [-0.4, -0.2) is 38.1 Å². The van der Waals surface area contributed by atoms with Crippen molar-refractivity contribution >= 4 is 47.7 Å². The van der Waals surface area contributed by atoms with Crippen LogP contribution in [0.3, 0.4) is 0 Å². The summed E-state index contributed by atoms with van der Waals surface area (Å²) in [4.78, 5) is 14.6. The molecule has 212 valence electrons. The van der Waals surface area contributed by atoms with Crippen molar-refractivity contribution in [1.29, 1.82) is 0 Å². The van der Waals surface area contributed by atoms with E-state index in [0.717, 1.165) is 55.2 Å². The van der Waals surface area contributed by atoms with Gasteiger partial charge in [-0.3, -0.25) is 0 Å². The first kappa shape index (κ1) is 31.9. The van der Waals surface area contributed by atoms with E-state index in [9.17, 15) is 0 Å². The molecule has 2 aromatic rings. The highest BCUT2D eigenvalue weighted by Gasteiger charge is 2.23. The number of nitrogens with one attached hydrogen (secondary N) is 2. The van der Waals surface area contributed by atoms with Gasteiger partial charge in [0.15, 0.2) is 17.0 Å². The fraction of sp³-hybridized carbons (Fsp3) is 0.821. The Bertz CT molecular complexity index is 877. The van der Waals surface area contributed by atoms with Crippen LogP contribution < -0.4 is 16.4 Å². The molecule has 7 nitrogen and oxygen atoms in total. The number of anilines is 2. The molecule has 0 atom stereocenters. The molecule has 0 spiro atoms. The summed E-state index contributed by atoms with van der Waals surface area (Å²) >= 11 is 0. The van der Waals surface area contributed by atoms with Gasteiger partial charge in [-0.15, -0.1) is 24.8 Å². The van der Waals surface area contributed by atoms with Crippen LogP contribution in [0.15, 0.2) is 6.33 Å². The molecule has 0 aliphatic heterocycles. The zero-order valence-electron chi connectivity index (χ0n) is 22.9. The zero-order chi connectivity index (χ0) is 24.3. The van der Waals surface area contributed by atoms with Gasteiger partial charge in [0.2, 0.25) is 5.95 Å². The Morgan fingerprint density at radius 1 is 0.838 bits per heavy atom. The number of fused-ring (bicyclic) bond motifs is 1. The molecule has 2 saturated carbocycles. The second kappa shape index (κ2) is 17.3. The van der Waals surface area contributed by atoms with Gasteiger partial charge in [-0.2, -0.15) is 9.97 Å². The lowest BCUT2D eigenvalue weighted by Gasteiger charge is -2.27. The van der Waals surface area contributed by atoms with E-state index < -0.39 is 0 Å². The van der Waals surface area contributed by atoms with Gasteiger partial charge >= 0.3 is 0 Å². The summed E-state index contributed by atoms with van der Waals surface area (Å²) in [6.45, 7) is 3.22. The number of aromatic nitrogens is 4. The van der Waals surface area contributed by atoms with E-state index in [1.807, 2.05) is 6.33 Å². The SMILES string of the molecule is CCCCCCCCCCCCNc1nc(NC2CCC(N)CC2)nc2c1ncn2C1CCCC1.Cl.Cl. The number of unbranched alkanes of at least 4 members (excludes halogenated alkanes) is 9. The molecule has 2 aliphatic carbocycles. The minimum atomic E-state index is 0. The molecule has 2 fully saturated rings. The van der Waals surface area contributed by atoms with Gasteiger partial charge in [0, 0.05) is 24.7 Å². The van der Waals surface area contributed by atoms with Crippen LogP contribution in [0.5, 0.6) is 0 Å². The van der Waals surface area contributed by atoms with Gasteiger partial charge in [0.1, 0.15) is 0 Å². The fourth-order valence-corrected chi connectivity index (χ4v) is 5.82. The highest BCUT2D eigenvalue weighted by atomic mass is 35.5. The summed E-state index contributed by atoms with van der Waals surface area (Å²) in [5, 5.41) is 7.24. The summed E-state index contributed by atoms with van der Waals surface area (Å²) in [5.41, 5.74) is 8.01. The van der Waals surface area contributed by atoms with E-state index in [-0.39, 0.29) is 24.8 Å². The Labute approximate surface area is 236 Å². The van der Waals surface area contributed by atoms with Crippen LogP contribution in [0.25, 0.3) is 11.2 Å². The third kappa shape index (κ3) is 9.74. The van der Waals surface area contributed by atoms with Crippen molar-refractivity contribution in [3.8, 4) is 0 Å². The van der Waals surface area contributed by atoms with Crippen molar-refractivity contribution in [1.82, 2.24) is 19.5 Å². The van der Waals surface area contributed by atoms with Crippen molar-refractivity contribution in [2.75, 3.05) is 17.2 Å². The summed E-state index contributed by atoms with van der Waals surface area (Å²) in [6.07, 6.45) is 24.9. The Morgan fingerprint density at radius 2 is 1.46 bits per heavy atom. The third-order valence-electron chi connectivity index (χ3n) is 8.07. The molecule has 0 amide bonds. The molecule has 2 aliphatic rings. The molecular weight excluding hydrogens is 505 g/mol. The Hall–Kier alpha value is -1.31. The minimum absolute atomic E-state index is 0. The molecular formula is C28H51Cl2N7. The summed E-state index contributed by atoms with van der Waals surface area (Å²) in [7, 11) is 0. The Kier molecular flexibility index (Phi) is 14.9. The molecule has 9 heteroatoms. The maximum Gasteiger partial charge on any atom is 0.227 e. The van der Waals surface area contributed by atoms with E-state index in [2.05, 4.69) is 22.1 Å². The molecule has 0 unspecified atom stereocenters. The van der Waals surface area contributed by atoms with Crippen LogP contribution in [0.2, 0.25) is 0 Å². The first-order chi connectivity index (χ1) is 17.2. The third-order valence-corrected chi connectivity index (χ3v) is 8.07. The van der Waals surface area contributed by atoms with Crippen molar-refractivity contribution < 1.29 is 0 Å². The molecule has 0 bridgehead atoms. The summed E-state index contributed by atoms with van der Waals surface area (Å²) in [6, 6.07) is 1.27. The van der Waals surface area contributed by atoms with Crippen LogP contribution in [0, 0.1) is 0 Å². The lowest BCUT2D eigenvalue weighted by molar-refractivity contribution is 0.410. The van der Waals surface area contributed by atoms with E-state index in [1.165, 1.54) is 89.9 Å². The van der Waals surface area contributed by atoms with Crippen molar-refractivity contribution in [3.63, 3.8) is 0 Å². The second-order valence-corrected chi connectivity index (χ2v) is 11.0. The Morgan fingerprint density at radius 3 is 2.11 bits per heavy atom. The number of rotatable bonds is 15. The average molecular weight is 557 g/mol. The number of hydrogen-bond acceptors (Lipinski definition) is 6. The van der Waals surface area contributed by atoms with E-state index >= 15 is 0 Å². The maximum atomic E-state index is 6.11. The number of hydrogen-bond donors (Lipinski definition) is 3. The highest BCUT2D eigenvalue weighted by Crippen LogP contribution is 2.33. The normalized spacial score (nSPS) is 19.9. The molecule has 2 aromatic heterocycles. The quantitative estimate of drug-likeness (QED) is 0.194. The van der Waals surface area contributed by atoms with Gasteiger partial charge in [-0.1, -0.05) is 77.6 Å². The van der Waals surface area contributed by atoms with Crippen molar-refractivity contribution in [2.24, 2.45) is 5.73 Å². The summed E-state index contributed by atoms with van der Waals surface area (Å²) < 4.78 is 2.30. The summed E-state index contributed by atoms with van der Waals surface area (Å²) in [5.74, 6) is 1.63. The predicted molar refractivity (Wildman–Crippen MR) is 162 cm³/mol. The molecule has 2 heterocycles. The molecule has 0 radical (unpaired) electrons. The van der Waals surface area contributed by atoms with E-state index in [1.54, 1.807) is 0 Å². The van der Waals surface area contributed by atoms with Gasteiger partial charge in [0.05, 0.1) is 6.33 Å². The molecule has 4 rings (SSSR count). The fourth-order valence-electron chi connectivity index (χ4n) is 5.82. The maximum absolute atomic E-state index is 6.11. The lowest BCUT2D eigenvalue weighted by atomic mass is 9.92. The molecule has 4 N–H and O–H groups in total.